The third-order valence-corrected chi connectivity index (χ3v) is 7.12. The molecule has 0 radical (unpaired) electrons. The lowest BCUT2D eigenvalue weighted by atomic mass is 10.1. The van der Waals surface area contributed by atoms with Crippen molar-refractivity contribution in [3.63, 3.8) is 0 Å². The lowest BCUT2D eigenvalue weighted by molar-refractivity contribution is -0.152. The molecule has 2 saturated heterocycles. The Hall–Kier alpha value is -3.46. The monoisotopic (exact) mass is 548 g/mol. The maximum Gasteiger partial charge on any atom is 0.339 e. The Morgan fingerprint density at radius 1 is 1.13 bits per heavy atom. The van der Waals surface area contributed by atoms with E-state index >= 15 is 0 Å². The number of benzene rings is 1. The molecule has 3 unspecified atom stereocenters. The molecule has 5 rings (SSSR count). The number of carbonyl (C=O) groups is 2. The summed E-state index contributed by atoms with van der Waals surface area (Å²) in [6.07, 6.45) is -2.26. The Morgan fingerprint density at radius 2 is 1.89 bits per heavy atom. The van der Waals surface area contributed by atoms with Gasteiger partial charge in [0.2, 0.25) is 0 Å². The van der Waals surface area contributed by atoms with Crippen LogP contribution < -0.4 is 10.6 Å². The first-order valence-electron chi connectivity index (χ1n) is 11.7. The van der Waals surface area contributed by atoms with Gasteiger partial charge in [0, 0.05) is 12.1 Å². The number of nitrogens with one attached hydrogen (secondary N) is 2. The molecule has 2 aromatic heterocycles. The van der Waals surface area contributed by atoms with Gasteiger partial charge < -0.3 is 34.1 Å². The quantitative estimate of drug-likeness (QED) is 0.283. The number of carbonyl (C=O) groups excluding carboxylic acids is 1. The average molecular weight is 548 g/mol. The van der Waals surface area contributed by atoms with Gasteiger partial charge in [-0.3, -0.25) is 19.2 Å². The van der Waals surface area contributed by atoms with Gasteiger partial charge in [0.05, 0.1) is 12.9 Å². The minimum Gasteiger partial charge on any atom is -0.481 e. The number of hydrogen-bond acceptors (Lipinski definition) is 10. The fraction of sp³-hybridized carbons (Fsp3) is 0.409. The van der Waals surface area contributed by atoms with Crippen molar-refractivity contribution in [1.29, 1.82) is 0 Å². The largest absolute Gasteiger partial charge is 0.481 e. The minimum absolute atomic E-state index is 0.190. The molecule has 1 aromatic carbocycles. The van der Waals surface area contributed by atoms with Crippen LogP contribution in [0, 0.1) is 0 Å². The molecular formula is C22H25N6O9P. The molecule has 2 aliphatic rings. The molecule has 16 heteroatoms. The van der Waals surface area contributed by atoms with E-state index in [1.165, 1.54) is 12.7 Å². The summed E-state index contributed by atoms with van der Waals surface area (Å²) in [7, 11) is -4.42. The SMILES string of the molecule is CCNC(=O)Nc1ncnc2c1ncn2[C@@H]1O[C@H](COP(=O)(O)CC(=O)O)C2O[C@@H](c3ccccc3)OC21. The van der Waals surface area contributed by atoms with E-state index in [0.717, 1.165) is 5.56 Å². The van der Waals surface area contributed by atoms with Crippen LogP contribution in [0.1, 0.15) is 25.0 Å². The van der Waals surface area contributed by atoms with E-state index in [9.17, 15) is 19.0 Å². The molecule has 202 valence electrons. The third-order valence-electron chi connectivity index (χ3n) is 5.90. The highest BCUT2D eigenvalue weighted by molar-refractivity contribution is 7.53. The van der Waals surface area contributed by atoms with Crippen LogP contribution in [0.5, 0.6) is 0 Å². The maximum atomic E-state index is 12.2. The summed E-state index contributed by atoms with van der Waals surface area (Å²) in [6, 6.07) is 8.74. The third kappa shape index (κ3) is 5.38. The first-order valence-corrected chi connectivity index (χ1v) is 13.4. The van der Waals surface area contributed by atoms with Crippen LogP contribution in [0.3, 0.4) is 0 Å². The topological polar surface area (TPSA) is 196 Å². The smallest absolute Gasteiger partial charge is 0.339 e. The summed E-state index contributed by atoms with van der Waals surface area (Å²) in [4.78, 5) is 45.6. The highest BCUT2D eigenvalue weighted by atomic mass is 31.2. The maximum absolute atomic E-state index is 12.2. The summed E-state index contributed by atoms with van der Waals surface area (Å²) in [5.41, 5.74) is 1.39. The van der Waals surface area contributed by atoms with Crippen molar-refractivity contribution < 1.29 is 42.9 Å². The number of carboxylic acids is 1. The Bertz CT molecular complexity index is 1370. The van der Waals surface area contributed by atoms with Crippen molar-refractivity contribution in [2.45, 2.75) is 37.8 Å². The van der Waals surface area contributed by atoms with Gasteiger partial charge in [0.1, 0.15) is 30.8 Å². The van der Waals surface area contributed by atoms with Gasteiger partial charge in [-0.05, 0) is 6.92 Å². The van der Waals surface area contributed by atoms with Crippen LogP contribution in [0.4, 0.5) is 10.6 Å². The lowest BCUT2D eigenvalue weighted by Gasteiger charge is -2.22. The number of anilines is 1. The fourth-order valence-corrected chi connectivity index (χ4v) is 5.12. The molecule has 2 aliphatic heterocycles. The van der Waals surface area contributed by atoms with Gasteiger partial charge in [0.15, 0.2) is 29.5 Å². The summed E-state index contributed by atoms with van der Waals surface area (Å²) in [6.45, 7) is 1.78. The number of aromatic nitrogens is 4. The highest BCUT2D eigenvalue weighted by Crippen LogP contribution is 2.47. The van der Waals surface area contributed by atoms with Gasteiger partial charge in [0.25, 0.3) is 0 Å². The van der Waals surface area contributed by atoms with E-state index in [-0.39, 0.29) is 5.82 Å². The Morgan fingerprint density at radius 3 is 2.63 bits per heavy atom. The second-order valence-corrected chi connectivity index (χ2v) is 10.4. The first kappa shape index (κ1) is 26.2. The lowest BCUT2D eigenvalue weighted by Crippen LogP contribution is -2.31. The normalized spacial score (nSPS) is 26.1. The zero-order valence-electron chi connectivity index (χ0n) is 20.0. The Balaban J connectivity index is 1.43. The number of nitrogens with zero attached hydrogens (tertiary/aromatic N) is 4. The van der Waals surface area contributed by atoms with E-state index in [1.807, 2.05) is 30.3 Å². The predicted octanol–water partition coefficient (Wildman–Crippen LogP) is 1.63. The second kappa shape index (κ2) is 10.7. The van der Waals surface area contributed by atoms with Crippen molar-refractivity contribution in [3.8, 4) is 0 Å². The number of imidazole rings is 1. The molecule has 6 atom stereocenters. The molecule has 4 heterocycles. The van der Waals surface area contributed by atoms with Crippen molar-refractivity contribution in [2.75, 3.05) is 24.6 Å². The molecule has 38 heavy (non-hydrogen) atoms. The predicted molar refractivity (Wildman–Crippen MR) is 129 cm³/mol. The summed E-state index contributed by atoms with van der Waals surface area (Å²) in [5, 5.41) is 14.1. The Kier molecular flexibility index (Phi) is 7.38. The van der Waals surface area contributed by atoms with Crippen molar-refractivity contribution >= 4 is 36.6 Å². The number of rotatable bonds is 9. The number of hydrogen-bond donors (Lipinski definition) is 4. The summed E-state index contributed by atoms with van der Waals surface area (Å²) in [5.74, 6) is -1.28. The van der Waals surface area contributed by atoms with Gasteiger partial charge in [-0.25, -0.2) is 19.7 Å². The minimum atomic E-state index is -4.42. The van der Waals surface area contributed by atoms with Crippen molar-refractivity contribution in [1.82, 2.24) is 24.8 Å². The molecule has 0 aliphatic carbocycles. The highest BCUT2D eigenvalue weighted by Gasteiger charge is 2.54. The van der Waals surface area contributed by atoms with E-state index in [1.54, 1.807) is 11.5 Å². The summed E-state index contributed by atoms with van der Waals surface area (Å²) < 4.78 is 37.3. The average Bonchev–Trinajstić information content (AvgIpc) is 3.57. The zero-order valence-corrected chi connectivity index (χ0v) is 20.9. The number of urea groups is 1. The molecule has 0 spiro atoms. The second-order valence-electron chi connectivity index (χ2n) is 8.52. The molecule has 2 amide bonds. The molecule has 4 N–H and O–H groups in total. The van der Waals surface area contributed by atoms with Crippen LogP contribution in [0.2, 0.25) is 0 Å². The van der Waals surface area contributed by atoms with E-state index < -0.39 is 63.2 Å². The number of aliphatic carboxylic acids is 1. The molecular weight excluding hydrogens is 523 g/mol. The molecule has 15 nitrogen and oxygen atoms in total. The van der Waals surface area contributed by atoms with Crippen LogP contribution in [0.25, 0.3) is 11.2 Å². The number of amides is 2. The number of fused-ring (bicyclic) bond motifs is 2. The standard InChI is InChI=1S/C22H25N6O9P/c1-2-23-22(31)27-18-15-19(25-10-24-18)28(11-26-15)20-17-16(36-21(37-17)12-6-4-3-5-7-12)13(35-20)8-34-38(32,33)9-14(29)30/h3-7,10-11,13,16-17,20-21H,2,8-9H2,1H3,(H,29,30)(H,32,33)(H2,23,24,25,27,31)/t13-,16?,17?,20-,21-/m1/s1. The molecule has 3 aromatic rings. The number of ether oxygens (including phenoxy) is 3. The zero-order chi connectivity index (χ0) is 26.9. The van der Waals surface area contributed by atoms with Gasteiger partial charge >= 0.3 is 19.6 Å². The first-order chi connectivity index (χ1) is 18.3. The van der Waals surface area contributed by atoms with Crippen molar-refractivity contribution in [3.05, 3.63) is 48.5 Å². The van der Waals surface area contributed by atoms with E-state index in [2.05, 4.69) is 25.6 Å². The fourth-order valence-electron chi connectivity index (χ4n) is 4.31. The van der Waals surface area contributed by atoms with E-state index in [0.29, 0.717) is 17.7 Å². The molecule has 0 saturated carbocycles. The van der Waals surface area contributed by atoms with Crippen LogP contribution in [-0.2, 0) is 28.1 Å². The van der Waals surface area contributed by atoms with Crippen LogP contribution in [0.15, 0.2) is 43.0 Å². The molecule has 0 bridgehead atoms. The van der Waals surface area contributed by atoms with Crippen molar-refractivity contribution in [2.24, 2.45) is 0 Å². The molecule has 2 fully saturated rings. The van der Waals surface area contributed by atoms with Crippen LogP contribution in [-0.4, -0.2) is 79.1 Å². The van der Waals surface area contributed by atoms with Gasteiger partial charge in [-0.2, -0.15) is 0 Å². The van der Waals surface area contributed by atoms with Gasteiger partial charge in [-0.1, -0.05) is 30.3 Å². The Labute approximate surface area is 215 Å². The number of carboxylic acid groups (broad SMARTS) is 1. The van der Waals surface area contributed by atoms with Crippen LogP contribution >= 0.6 is 7.60 Å². The summed E-state index contributed by atoms with van der Waals surface area (Å²) >= 11 is 0. The van der Waals surface area contributed by atoms with Gasteiger partial charge in [-0.15, -0.1) is 0 Å². The van der Waals surface area contributed by atoms with E-state index in [4.69, 9.17) is 23.8 Å².